The Balaban J connectivity index is 1.68. The SMILES string of the molecule is CNCCC(=O)NCC1C(c2ccccc2)C1c1ccccc1. The van der Waals surface area contributed by atoms with Gasteiger partial charge in [-0.15, -0.1) is 0 Å². The van der Waals surface area contributed by atoms with Crippen LogP contribution in [0, 0.1) is 5.92 Å². The molecule has 0 heterocycles. The van der Waals surface area contributed by atoms with Crippen molar-refractivity contribution < 1.29 is 4.79 Å². The van der Waals surface area contributed by atoms with Crippen molar-refractivity contribution in [2.75, 3.05) is 20.1 Å². The molecule has 0 saturated heterocycles. The molecule has 0 bridgehead atoms. The monoisotopic (exact) mass is 308 g/mol. The Hall–Kier alpha value is -2.13. The zero-order valence-corrected chi connectivity index (χ0v) is 13.5. The van der Waals surface area contributed by atoms with E-state index in [1.54, 1.807) is 0 Å². The van der Waals surface area contributed by atoms with Gasteiger partial charge in [0, 0.05) is 19.5 Å². The molecule has 3 rings (SSSR count). The van der Waals surface area contributed by atoms with E-state index < -0.39 is 0 Å². The molecule has 2 N–H and O–H groups in total. The predicted octanol–water partition coefficient (Wildman–Crippen LogP) is 2.91. The maximum atomic E-state index is 11.9. The molecule has 2 aromatic rings. The van der Waals surface area contributed by atoms with Gasteiger partial charge in [0.2, 0.25) is 5.91 Å². The minimum Gasteiger partial charge on any atom is -0.356 e. The van der Waals surface area contributed by atoms with Crippen molar-refractivity contribution in [3.05, 3.63) is 71.8 Å². The Kier molecular flexibility index (Phi) is 5.09. The van der Waals surface area contributed by atoms with E-state index in [1.165, 1.54) is 11.1 Å². The highest BCUT2D eigenvalue weighted by atomic mass is 16.1. The van der Waals surface area contributed by atoms with Crippen LogP contribution >= 0.6 is 0 Å². The van der Waals surface area contributed by atoms with Crippen molar-refractivity contribution in [2.24, 2.45) is 5.92 Å². The van der Waals surface area contributed by atoms with Crippen LogP contribution in [0.5, 0.6) is 0 Å². The molecule has 0 aromatic heterocycles. The van der Waals surface area contributed by atoms with E-state index in [4.69, 9.17) is 0 Å². The van der Waals surface area contributed by atoms with Crippen molar-refractivity contribution in [3.63, 3.8) is 0 Å². The van der Waals surface area contributed by atoms with E-state index in [9.17, 15) is 4.79 Å². The lowest BCUT2D eigenvalue weighted by Gasteiger charge is -2.05. The number of rotatable bonds is 7. The van der Waals surface area contributed by atoms with Gasteiger partial charge >= 0.3 is 0 Å². The van der Waals surface area contributed by atoms with Crippen LogP contribution in [0.3, 0.4) is 0 Å². The summed E-state index contributed by atoms with van der Waals surface area (Å²) in [7, 11) is 1.87. The zero-order chi connectivity index (χ0) is 16.1. The number of nitrogens with one attached hydrogen (secondary N) is 2. The molecular formula is C20H24N2O. The van der Waals surface area contributed by atoms with E-state index in [0.29, 0.717) is 24.2 Å². The largest absolute Gasteiger partial charge is 0.356 e. The van der Waals surface area contributed by atoms with E-state index in [-0.39, 0.29) is 5.91 Å². The molecule has 3 nitrogen and oxygen atoms in total. The molecular weight excluding hydrogens is 284 g/mol. The third-order valence-corrected chi connectivity index (χ3v) is 4.67. The van der Waals surface area contributed by atoms with E-state index in [1.807, 2.05) is 7.05 Å². The summed E-state index contributed by atoms with van der Waals surface area (Å²) in [6.07, 6.45) is 0.537. The lowest BCUT2D eigenvalue weighted by Crippen LogP contribution is -2.28. The second kappa shape index (κ2) is 7.42. The molecule has 2 atom stereocenters. The molecule has 1 saturated carbocycles. The average molecular weight is 308 g/mol. The topological polar surface area (TPSA) is 41.1 Å². The molecule has 1 fully saturated rings. The van der Waals surface area contributed by atoms with Gasteiger partial charge in [0.05, 0.1) is 0 Å². The number of amides is 1. The van der Waals surface area contributed by atoms with Gasteiger partial charge in [-0.05, 0) is 35.9 Å². The van der Waals surface area contributed by atoms with Gasteiger partial charge in [-0.25, -0.2) is 0 Å². The van der Waals surface area contributed by atoms with Gasteiger partial charge in [0.25, 0.3) is 0 Å². The fraction of sp³-hybridized carbons (Fsp3) is 0.350. The summed E-state index contributed by atoms with van der Waals surface area (Å²) in [5.41, 5.74) is 2.74. The first kappa shape index (κ1) is 15.8. The Morgan fingerprint density at radius 2 is 1.43 bits per heavy atom. The normalized spacial score (nSPS) is 22.6. The molecule has 2 unspecified atom stereocenters. The van der Waals surface area contributed by atoms with Crippen LogP contribution in [-0.4, -0.2) is 26.0 Å². The zero-order valence-electron chi connectivity index (χ0n) is 13.5. The van der Waals surface area contributed by atoms with Gasteiger partial charge in [-0.3, -0.25) is 4.79 Å². The van der Waals surface area contributed by atoms with Crippen LogP contribution in [0.1, 0.15) is 29.4 Å². The maximum absolute atomic E-state index is 11.9. The fourth-order valence-corrected chi connectivity index (χ4v) is 3.45. The third kappa shape index (κ3) is 3.80. The fourth-order valence-electron chi connectivity index (χ4n) is 3.45. The highest BCUT2D eigenvalue weighted by Gasteiger charge is 2.51. The van der Waals surface area contributed by atoms with Gasteiger partial charge in [-0.1, -0.05) is 60.7 Å². The van der Waals surface area contributed by atoms with Crippen LogP contribution in [0.2, 0.25) is 0 Å². The Labute approximate surface area is 138 Å². The van der Waals surface area contributed by atoms with Gasteiger partial charge in [0.1, 0.15) is 0 Å². The standard InChI is InChI=1S/C20H24N2O/c1-21-13-12-18(23)22-14-17-19(15-8-4-2-5-9-15)20(17)16-10-6-3-7-11-16/h2-11,17,19-21H,12-14H2,1H3,(H,22,23). The Bertz CT molecular complexity index is 581. The highest BCUT2D eigenvalue weighted by molar-refractivity contribution is 5.76. The molecule has 1 amide bonds. The molecule has 0 radical (unpaired) electrons. The summed E-state index contributed by atoms with van der Waals surface area (Å²) < 4.78 is 0. The quantitative estimate of drug-likeness (QED) is 0.826. The first-order chi connectivity index (χ1) is 11.3. The second-order valence-corrected chi connectivity index (χ2v) is 6.19. The molecule has 0 aliphatic heterocycles. The number of hydrogen-bond acceptors (Lipinski definition) is 2. The number of carbonyl (C=O) groups excluding carboxylic acids is 1. The van der Waals surface area contributed by atoms with Crippen molar-refractivity contribution in [1.82, 2.24) is 10.6 Å². The van der Waals surface area contributed by atoms with E-state index in [2.05, 4.69) is 71.3 Å². The molecule has 3 heteroatoms. The lowest BCUT2D eigenvalue weighted by molar-refractivity contribution is -0.121. The molecule has 2 aromatic carbocycles. The first-order valence-electron chi connectivity index (χ1n) is 8.32. The van der Waals surface area contributed by atoms with Crippen molar-refractivity contribution >= 4 is 5.91 Å². The molecule has 120 valence electrons. The molecule has 1 aliphatic rings. The molecule has 1 aliphatic carbocycles. The summed E-state index contributed by atoms with van der Waals surface area (Å²) >= 11 is 0. The number of benzene rings is 2. The molecule has 23 heavy (non-hydrogen) atoms. The van der Waals surface area contributed by atoms with Crippen LogP contribution in [0.15, 0.2) is 60.7 Å². The summed E-state index contributed by atoms with van der Waals surface area (Å²) in [6, 6.07) is 21.3. The Morgan fingerprint density at radius 1 is 0.913 bits per heavy atom. The summed E-state index contributed by atoms with van der Waals surface area (Å²) in [5, 5.41) is 6.11. The van der Waals surface area contributed by atoms with E-state index in [0.717, 1.165) is 13.1 Å². The second-order valence-electron chi connectivity index (χ2n) is 6.19. The Morgan fingerprint density at radius 3 is 1.91 bits per heavy atom. The summed E-state index contributed by atoms with van der Waals surface area (Å²) in [6.45, 7) is 1.47. The first-order valence-corrected chi connectivity index (χ1v) is 8.32. The number of carbonyl (C=O) groups is 1. The smallest absolute Gasteiger partial charge is 0.221 e. The van der Waals surface area contributed by atoms with Crippen LogP contribution in [0.4, 0.5) is 0 Å². The maximum Gasteiger partial charge on any atom is 0.221 e. The third-order valence-electron chi connectivity index (χ3n) is 4.67. The van der Waals surface area contributed by atoms with Crippen molar-refractivity contribution in [3.8, 4) is 0 Å². The minimum atomic E-state index is 0.130. The van der Waals surface area contributed by atoms with Gasteiger partial charge < -0.3 is 10.6 Å². The van der Waals surface area contributed by atoms with Gasteiger partial charge in [-0.2, -0.15) is 0 Å². The molecule has 0 spiro atoms. The average Bonchev–Trinajstić information content (AvgIpc) is 3.34. The van der Waals surface area contributed by atoms with E-state index >= 15 is 0 Å². The highest BCUT2D eigenvalue weighted by Crippen LogP contribution is 2.60. The lowest BCUT2D eigenvalue weighted by atomic mass is 10.0. The van der Waals surface area contributed by atoms with Crippen molar-refractivity contribution in [2.45, 2.75) is 18.3 Å². The minimum absolute atomic E-state index is 0.130. The predicted molar refractivity (Wildman–Crippen MR) is 93.4 cm³/mol. The van der Waals surface area contributed by atoms with Crippen LogP contribution in [-0.2, 0) is 4.79 Å². The summed E-state index contributed by atoms with van der Waals surface area (Å²) in [4.78, 5) is 11.9. The number of hydrogen-bond donors (Lipinski definition) is 2. The van der Waals surface area contributed by atoms with Crippen LogP contribution in [0.25, 0.3) is 0 Å². The van der Waals surface area contributed by atoms with Gasteiger partial charge in [0.15, 0.2) is 0 Å². The van der Waals surface area contributed by atoms with Crippen LogP contribution < -0.4 is 10.6 Å². The summed E-state index contributed by atoms with van der Waals surface area (Å²) in [5.74, 6) is 1.62. The van der Waals surface area contributed by atoms with Crippen molar-refractivity contribution in [1.29, 1.82) is 0 Å².